The van der Waals surface area contributed by atoms with Gasteiger partial charge in [-0.1, -0.05) is 25.7 Å². The number of Topliss-reactive ketones (excluding diaryl/α,β-unsaturated/α-hetero) is 1. The molecule has 192 valence electrons. The van der Waals surface area contributed by atoms with Crippen LogP contribution in [0.15, 0.2) is 35.1 Å². The number of piperazine rings is 1. The number of hydrogen-bond acceptors (Lipinski definition) is 8. The number of nitrogens with zero attached hydrogens (tertiary/aromatic N) is 6. The molecule has 1 aliphatic carbocycles. The number of carbonyl (C=O) groups excluding carboxylic acids is 3. The van der Waals surface area contributed by atoms with Crippen LogP contribution in [0.3, 0.4) is 0 Å². The molecule has 2 amide bonds. The van der Waals surface area contributed by atoms with Gasteiger partial charge in [0.1, 0.15) is 24.0 Å². The van der Waals surface area contributed by atoms with Gasteiger partial charge in [-0.3, -0.25) is 14.4 Å². The van der Waals surface area contributed by atoms with Crippen molar-refractivity contribution in [1.82, 2.24) is 29.9 Å². The van der Waals surface area contributed by atoms with E-state index in [-0.39, 0.29) is 5.91 Å². The quantitative estimate of drug-likeness (QED) is 0.585. The van der Waals surface area contributed by atoms with Crippen molar-refractivity contribution in [2.24, 2.45) is 16.8 Å². The summed E-state index contributed by atoms with van der Waals surface area (Å²) in [6.07, 6.45) is 11.2. The number of fused-ring (bicyclic) bond motifs is 1. The first kappa shape index (κ1) is 24.2. The van der Waals surface area contributed by atoms with Crippen LogP contribution in [-0.4, -0.2) is 87.3 Å². The number of aryl methyl sites for hydroxylation is 1. The Morgan fingerprint density at radius 2 is 1.83 bits per heavy atom. The summed E-state index contributed by atoms with van der Waals surface area (Å²) >= 11 is 0. The number of ether oxygens (including phenoxy) is 1. The molecule has 2 unspecified atom stereocenters. The molecule has 0 radical (unpaired) electrons. The molecule has 3 aliphatic heterocycles. The molecule has 1 saturated carbocycles. The highest BCUT2D eigenvalue weighted by atomic mass is 16.5. The number of amides is 2. The zero-order valence-corrected chi connectivity index (χ0v) is 20.9. The molecule has 11 nitrogen and oxygen atoms in total. The number of aliphatic imine (C=N–C) groups is 1. The van der Waals surface area contributed by atoms with Gasteiger partial charge in [0.25, 0.3) is 5.91 Å². The van der Waals surface area contributed by atoms with Crippen molar-refractivity contribution < 1.29 is 19.1 Å². The van der Waals surface area contributed by atoms with Crippen LogP contribution in [0.2, 0.25) is 0 Å². The lowest BCUT2D eigenvalue weighted by Gasteiger charge is -2.35. The van der Waals surface area contributed by atoms with Gasteiger partial charge in [0.15, 0.2) is 5.84 Å². The van der Waals surface area contributed by atoms with E-state index in [9.17, 15) is 14.4 Å². The highest BCUT2D eigenvalue weighted by Gasteiger charge is 2.45. The summed E-state index contributed by atoms with van der Waals surface area (Å²) in [5.74, 6) is 0.863. The second-order valence-electron chi connectivity index (χ2n) is 9.87. The van der Waals surface area contributed by atoms with E-state index in [1.807, 2.05) is 4.90 Å². The fourth-order valence-corrected chi connectivity index (χ4v) is 5.63. The largest absolute Gasteiger partial charge is 0.499 e. The van der Waals surface area contributed by atoms with Gasteiger partial charge in [0.05, 0.1) is 19.2 Å². The molecule has 4 heterocycles. The fourth-order valence-electron chi connectivity index (χ4n) is 5.63. The van der Waals surface area contributed by atoms with E-state index in [1.165, 1.54) is 32.8 Å². The summed E-state index contributed by atoms with van der Waals surface area (Å²) < 4.78 is 7.07. The molecule has 0 spiro atoms. The van der Waals surface area contributed by atoms with Gasteiger partial charge in [-0.15, -0.1) is 0 Å². The summed E-state index contributed by atoms with van der Waals surface area (Å²) in [7, 11) is 1.52. The van der Waals surface area contributed by atoms with Crippen molar-refractivity contribution in [2.75, 3.05) is 33.3 Å². The van der Waals surface area contributed by atoms with Gasteiger partial charge in [-0.25, -0.2) is 14.7 Å². The van der Waals surface area contributed by atoms with Crippen molar-refractivity contribution in [3.63, 3.8) is 0 Å². The Kier molecular flexibility index (Phi) is 6.88. The number of carbonyl (C=O) groups is 3. The first-order valence-corrected chi connectivity index (χ1v) is 12.7. The monoisotopic (exact) mass is 495 g/mol. The zero-order chi connectivity index (χ0) is 25.2. The molecule has 0 aromatic carbocycles. The third-order valence-corrected chi connectivity index (χ3v) is 7.69. The van der Waals surface area contributed by atoms with Crippen molar-refractivity contribution in [3.8, 4) is 0 Å². The molecular formula is C25H33N7O4. The molecule has 2 fully saturated rings. The Balaban J connectivity index is 1.19. The maximum atomic E-state index is 13.3. The number of methoxy groups -OCH3 is 1. The van der Waals surface area contributed by atoms with Gasteiger partial charge < -0.3 is 19.9 Å². The van der Waals surface area contributed by atoms with Crippen LogP contribution in [0.25, 0.3) is 0 Å². The van der Waals surface area contributed by atoms with Crippen LogP contribution in [0.5, 0.6) is 0 Å². The van der Waals surface area contributed by atoms with Gasteiger partial charge in [-0.2, -0.15) is 5.10 Å². The van der Waals surface area contributed by atoms with E-state index < -0.39 is 23.7 Å². The van der Waals surface area contributed by atoms with E-state index in [1.54, 1.807) is 35.2 Å². The van der Waals surface area contributed by atoms with Crippen LogP contribution in [0, 0.1) is 18.8 Å². The van der Waals surface area contributed by atoms with Crippen LogP contribution >= 0.6 is 0 Å². The van der Waals surface area contributed by atoms with Gasteiger partial charge in [-0.05, 0) is 19.3 Å². The van der Waals surface area contributed by atoms with Crippen molar-refractivity contribution in [3.05, 3.63) is 35.9 Å². The first-order valence-electron chi connectivity index (χ1n) is 12.7. The normalized spacial score (nSPS) is 24.0. The van der Waals surface area contributed by atoms with Gasteiger partial charge >= 0.3 is 0 Å². The lowest BCUT2D eigenvalue weighted by molar-refractivity contribution is -0.146. The molecule has 1 saturated heterocycles. The molecular weight excluding hydrogens is 462 g/mol. The number of rotatable bonds is 6. The standard InChI is InChI=1S/C25H33N7O4/c1-16-28-15-32(29-16)24-22-21(19(36-2)14-27-24)18(13-26-22)23(34)25(35)31-11-9-30(10-12-31)20(33)8-7-17-5-3-4-6-17/h13-15,17,21-22,26H,3-12H2,1-2H3. The predicted molar refractivity (Wildman–Crippen MR) is 131 cm³/mol. The SMILES string of the molecule is COC1=CN=C(n2cnc(C)n2)C2NC=C(C(=O)C(=O)N3CCN(C(=O)CCC4CCCC4)CC3)C12. The average molecular weight is 496 g/mol. The molecule has 1 aromatic heterocycles. The Morgan fingerprint density at radius 1 is 1.11 bits per heavy atom. The Morgan fingerprint density at radius 3 is 2.50 bits per heavy atom. The molecule has 5 rings (SSSR count). The molecule has 2 atom stereocenters. The molecule has 11 heteroatoms. The average Bonchev–Trinajstić information content (AvgIpc) is 3.67. The third-order valence-electron chi connectivity index (χ3n) is 7.69. The van der Waals surface area contributed by atoms with Crippen LogP contribution in [0.1, 0.15) is 44.3 Å². The topological polar surface area (TPSA) is 122 Å². The predicted octanol–water partition coefficient (Wildman–Crippen LogP) is 1.02. The number of hydrogen-bond donors (Lipinski definition) is 1. The minimum Gasteiger partial charge on any atom is -0.499 e. The van der Waals surface area contributed by atoms with Crippen molar-refractivity contribution in [1.29, 1.82) is 0 Å². The fraction of sp³-hybridized carbons (Fsp3) is 0.600. The van der Waals surface area contributed by atoms with E-state index in [0.717, 1.165) is 6.42 Å². The Labute approximate surface area is 210 Å². The van der Waals surface area contributed by atoms with Crippen molar-refractivity contribution in [2.45, 2.75) is 51.5 Å². The second-order valence-corrected chi connectivity index (χ2v) is 9.87. The minimum atomic E-state index is -0.574. The summed E-state index contributed by atoms with van der Waals surface area (Å²) in [5, 5.41) is 7.51. The second kappa shape index (κ2) is 10.2. The van der Waals surface area contributed by atoms with Gasteiger partial charge in [0, 0.05) is 44.4 Å². The highest BCUT2D eigenvalue weighted by molar-refractivity contribution is 6.43. The maximum Gasteiger partial charge on any atom is 0.294 e. The molecule has 1 aromatic rings. The Hall–Kier alpha value is -3.50. The van der Waals surface area contributed by atoms with Crippen LogP contribution in [0.4, 0.5) is 0 Å². The smallest absolute Gasteiger partial charge is 0.294 e. The van der Waals surface area contributed by atoms with Crippen LogP contribution < -0.4 is 5.32 Å². The maximum absolute atomic E-state index is 13.3. The summed E-state index contributed by atoms with van der Waals surface area (Å²) in [6, 6.07) is -0.410. The Bertz CT molecular complexity index is 1120. The van der Waals surface area contributed by atoms with Crippen LogP contribution in [-0.2, 0) is 19.1 Å². The van der Waals surface area contributed by atoms with E-state index in [4.69, 9.17) is 4.74 Å². The van der Waals surface area contributed by atoms with Gasteiger partial charge in [0.2, 0.25) is 11.7 Å². The third kappa shape index (κ3) is 4.66. The zero-order valence-electron chi connectivity index (χ0n) is 20.9. The summed E-state index contributed by atoms with van der Waals surface area (Å²) in [5.41, 5.74) is 0.331. The number of ketones is 1. The minimum absolute atomic E-state index is 0.151. The molecule has 0 bridgehead atoms. The summed E-state index contributed by atoms with van der Waals surface area (Å²) in [6.45, 7) is 3.40. The summed E-state index contributed by atoms with van der Waals surface area (Å²) in [4.78, 5) is 51.1. The highest BCUT2D eigenvalue weighted by Crippen LogP contribution is 2.34. The van der Waals surface area contributed by atoms with E-state index >= 15 is 0 Å². The van der Waals surface area contributed by atoms with Crippen molar-refractivity contribution >= 4 is 23.4 Å². The molecule has 36 heavy (non-hydrogen) atoms. The number of nitrogens with one attached hydrogen (secondary N) is 1. The number of aromatic nitrogens is 3. The molecule has 4 aliphatic rings. The lowest BCUT2D eigenvalue weighted by Crippen LogP contribution is -2.52. The first-order chi connectivity index (χ1) is 17.5. The van der Waals surface area contributed by atoms with E-state index in [2.05, 4.69) is 20.4 Å². The van der Waals surface area contributed by atoms with E-state index in [0.29, 0.717) is 61.5 Å². The molecule has 1 N–H and O–H groups in total. The lowest BCUT2D eigenvalue weighted by atomic mass is 9.88.